The number of hydrogen-bond acceptors (Lipinski definition) is 3. The molecule has 0 saturated carbocycles. The van der Waals surface area contributed by atoms with Gasteiger partial charge in [-0.05, 0) is 25.8 Å². The van der Waals surface area contributed by atoms with Crippen LogP contribution >= 0.6 is 0 Å². The second kappa shape index (κ2) is 6.15. The van der Waals surface area contributed by atoms with Crippen molar-refractivity contribution < 1.29 is 0 Å². The van der Waals surface area contributed by atoms with Crippen LogP contribution in [0.5, 0.6) is 0 Å². The average Bonchev–Trinajstić information content (AvgIpc) is 2.37. The molecule has 3 nitrogen and oxygen atoms in total. The van der Waals surface area contributed by atoms with Crippen molar-refractivity contribution in [2.75, 3.05) is 11.9 Å². The third-order valence-corrected chi connectivity index (χ3v) is 2.74. The molecule has 1 aromatic carbocycles. The van der Waals surface area contributed by atoms with Crippen LogP contribution in [-0.4, -0.2) is 16.5 Å². The Labute approximate surface area is 108 Å². The molecule has 18 heavy (non-hydrogen) atoms. The number of rotatable bonds is 5. The van der Waals surface area contributed by atoms with Crippen LogP contribution in [0, 0.1) is 6.92 Å². The fourth-order valence-electron chi connectivity index (χ4n) is 1.91. The van der Waals surface area contributed by atoms with Crippen LogP contribution in [0.4, 0.5) is 5.82 Å². The van der Waals surface area contributed by atoms with Gasteiger partial charge in [0.1, 0.15) is 11.6 Å². The number of anilines is 1. The van der Waals surface area contributed by atoms with Gasteiger partial charge in [0.2, 0.25) is 0 Å². The van der Waals surface area contributed by atoms with Crippen LogP contribution < -0.4 is 5.32 Å². The van der Waals surface area contributed by atoms with Gasteiger partial charge in [0.25, 0.3) is 0 Å². The third kappa shape index (κ3) is 3.55. The van der Waals surface area contributed by atoms with E-state index in [1.807, 2.05) is 19.1 Å². The predicted octanol–water partition coefficient (Wildman–Crippen LogP) is 3.00. The highest BCUT2D eigenvalue weighted by Gasteiger charge is 2.02. The highest BCUT2D eigenvalue weighted by atomic mass is 15.0. The SMILES string of the molecule is CCNc1cc(C)nc(CCc2ccccc2)n1. The minimum Gasteiger partial charge on any atom is -0.370 e. The minimum atomic E-state index is 0.879. The Hall–Kier alpha value is -1.90. The Morgan fingerprint density at radius 2 is 1.83 bits per heavy atom. The molecule has 2 aromatic rings. The van der Waals surface area contributed by atoms with Crippen molar-refractivity contribution in [3.05, 3.63) is 53.5 Å². The molecule has 2 rings (SSSR count). The molecule has 94 valence electrons. The van der Waals surface area contributed by atoms with Gasteiger partial charge in [-0.25, -0.2) is 9.97 Å². The van der Waals surface area contributed by atoms with Crippen LogP contribution in [0.1, 0.15) is 24.0 Å². The Morgan fingerprint density at radius 1 is 1.06 bits per heavy atom. The van der Waals surface area contributed by atoms with E-state index in [-0.39, 0.29) is 0 Å². The molecule has 0 aliphatic rings. The topological polar surface area (TPSA) is 37.8 Å². The van der Waals surface area contributed by atoms with Crippen molar-refractivity contribution in [1.29, 1.82) is 0 Å². The van der Waals surface area contributed by atoms with Crippen LogP contribution in [0.25, 0.3) is 0 Å². The minimum absolute atomic E-state index is 0.879. The smallest absolute Gasteiger partial charge is 0.131 e. The molecule has 0 aliphatic heterocycles. The summed E-state index contributed by atoms with van der Waals surface area (Å²) in [6.45, 7) is 4.96. The van der Waals surface area contributed by atoms with E-state index in [9.17, 15) is 0 Å². The highest BCUT2D eigenvalue weighted by molar-refractivity contribution is 5.35. The van der Waals surface area contributed by atoms with E-state index in [0.29, 0.717) is 0 Å². The number of aromatic nitrogens is 2. The molecule has 0 aliphatic carbocycles. The predicted molar refractivity (Wildman–Crippen MR) is 74.8 cm³/mol. The first-order valence-electron chi connectivity index (χ1n) is 6.40. The van der Waals surface area contributed by atoms with Gasteiger partial charge >= 0.3 is 0 Å². The Morgan fingerprint density at radius 3 is 2.56 bits per heavy atom. The zero-order chi connectivity index (χ0) is 12.8. The number of aryl methyl sites for hydroxylation is 3. The van der Waals surface area contributed by atoms with Gasteiger partial charge in [0.05, 0.1) is 0 Å². The Kier molecular flexibility index (Phi) is 4.29. The largest absolute Gasteiger partial charge is 0.370 e. The monoisotopic (exact) mass is 241 g/mol. The van der Waals surface area contributed by atoms with Gasteiger partial charge < -0.3 is 5.32 Å². The summed E-state index contributed by atoms with van der Waals surface area (Å²) in [6, 6.07) is 12.4. The lowest BCUT2D eigenvalue weighted by Crippen LogP contribution is -2.05. The molecular formula is C15H19N3. The van der Waals surface area contributed by atoms with Crippen LogP contribution in [0.15, 0.2) is 36.4 Å². The van der Waals surface area contributed by atoms with E-state index in [1.165, 1.54) is 5.56 Å². The van der Waals surface area contributed by atoms with Crippen molar-refractivity contribution in [2.24, 2.45) is 0 Å². The summed E-state index contributed by atoms with van der Waals surface area (Å²) in [4.78, 5) is 9.00. The average molecular weight is 241 g/mol. The van der Waals surface area contributed by atoms with Gasteiger partial charge in [-0.1, -0.05) is 30.3 Å². The van der Waals surface area contributed by atoms with Crippen LogP contribution in [-0.2, 0) is 12.8 Å². The standard InChI is InChI=1S/C15H19N3/c1-3-16-15-11-12(2)17-14(18-15)10-9-13-7-5-4-6-8-13/h4-8,11H,3,9-10H2,1-2H3,(H,16,17,18). The van der Waals surface area contributed by atoms with E-state index in [0.717, 1.165) is 36.7 Å². The number of benzene rings is 1. The molecule has 0 spiro atoms. The maximum Gasteiger partial charge on any atom is 0.131 e. The van der Waals surface area contributed by atoms with Crippen molar-refractivity contribution in [3.8, 4) is 0 Å². The summed E-state index contributed by atoms with van der Waals surface area (Å²) >= 11 is 0. The number of hydrogen-bond donors (Lipinski definition) is 1. The normalized spacial score (nSPS) is 10.3. The molecule has 1 heterocycles. The second-order valence-electron chi connectivity index (χ2n) is 4.33. The van der Waals surface area contributed by atoms with E-state index < -0.39 is 0 Å². The van der Waals surface area contributed by atoms with Crippen molar-refractivity contribution >= 4 is 5.82 Å². The van der Waals surface area contributed by atoms with Crippen LogP contribution in [0.2, 0.25) is 0 Å². The van der Waals surface area contributed by atoms with E-state index in [4.69, 9.17) is 0 Å². The summed E-state index contributed by atoms with van der Waals surface area (Å²) in [5.74, 6) is 1.84. The van der Waals surface area contributed by atoms with Crippen molar-refractivity contribution in [3.63, 3.8) is 0 Å². The molecule has 0 fully saturated rings. The molecule has 1 aromatic heterocycles. The van der Waals surface area contributed by atoms with Crippen LogP contribution in [0.3, 0.4) is 0 Å². The lowest BCUT2D eigenvalue weighted by atomic mass is 10.1. The maximum atomic E-state index is 4.52. The lowest BCUT2D eigenvalue weighted by molar-refractivity contribution is 0.846. The highest BCUT2D eigenvalue weighted by Crippen LogP contribution is 2.09. The molecule has 0 radical (unpaired) electrons. The van der Waals surface area contributed by atoms with Gasteiger partial charge in [-0.15, -0.1) is 0 Å². The summed E-state index contributed by atoms with van der Waals surface area (Å²) in [5.41, 5.74) is 2.34. The van der Waals surface area contributed by atoms with Gasteiger partial charge in [0.15, 0.2) is 0 Å². The maximum absolute atomic E-state index is 4.52. The van der Waals surface area contributed by atoms with Crippen molar-refractivity contribution in [2.45, 2.75) is 26.7 Å². The number of nitrogens with one attached hydrogen (secondary N) is 1. The van der Waals surface area contributed by atoms with E-state index in [2.05, 4.69) is 46.5 Å². The quantitative estimate of drug-likeness (QED) is 0.874. The molecule has 1 N–H and O–H groups in total. The molecule has 0 bridgehead atoms. The molecule has 3 heteroatoms. The van der Waals surface area contributed by atoms with E-state index >= 15 is 0 Å². The van der Waals surface area contributed by atoms with Gasteiger partial charge in [-0.2, -0.15) is 0 Å². The van der Waals surface area contributed by atoms with Gasteiger partial charge in [-0.3, -0.25) is 0 Å². The molecule has 0 unspecified atom stereocenters. The fraction of sp³-hybridized carbons (Fsp3) is 0.333. The first-order valence-corrected chi connectivity index (χ1v) is 6.40. The fourth-order valence-corrected chi connectivity index (χ4v) is 1.91. The molecule has 0 amide bonds. The first kappa shape index (κ1) is 12.6. The summed E-state index contributed by atoms with van der Waals surface area (Å²) in [6.07, 6.45) is 1.86. The Bertz CT molecular complexity index is 494. The number of nitrogens with zero attached hydrogens (tertiary/aromatic N) is 2. The summed E-state index contributed by atoms with van der Waals surface area (Å²) in [5, 5.41) is 3.24. The third-order valence-electron chi connectivity index (χ3n) is 2.74. The summed E-state index contributed by atoms with van der Waals surface area (Å²) in [7, 11) is 0. The molecule has 0 atom stereocenters. The molecule has 0 saturated heterocycles. The first-order chi connectivity index (χ1) is 8.78. The van der Waals surface area contributed by atoms with Gasteiger partial charge in [0, 0.05) is 24.7 Å². The van der Waals surface area contributed by atoms with Crippen molar-refractivity contribution in [1.82, 2.24) is 9.97 Å². The zero-order valence-corrected chi connectivity index (χ0v) is 11.0. The summed E-state index contributed by atoms with van der Waals surface area (Å²) < 4.78 is 0. The molecular weight excluding hydrogens is 222 g/mol. The lowest BCUT2D eigenvalue weighted by Gasteiger charge is -2.07. The van der Waals surface area contributed by atoms with E-state index in [1.54, 1.807) is 0 Å². The zero-order valence-electron chi connectivity index (χ0n) is 11.0. The Balaban J connectivity index is 2.05. The second-order valence-corrected chi connectivity index (χ2v) is 4.33.